The van der Waals surface area contributed by atoms with Crippen molar-refractivity contribution in [3.63, 3.8) is 0 Å². The lowest BCUT2D eigenvalue weighted by Crippen LogP contribution is -2.33. The average molecular weight is 253 g/mol. The molecule has 1 N–H and O–H groups in total. The Balaban J connectivity index is 1.72. The minimum absolute atomic E-state index is 0.932. The number of hydrogen-bond acceptors (Lipinski definition) is 4. The largest absolute Gasteiger partial charge is 0.320 e. The molecule has 3 nitrogen and oxygen atoms in total. The fourth-order valence-corrected chi connectivity index (χ4v) is 3.32. The van der Waals surface area contributed by atoms with Crippen molar-refractivity contribution in [2.75, 3.05) is 26.7 Å². The van der Waals surface area contributed by atoms with Crippen LogP contribution < -0.4 is 5.32 Å². The van der Waals surface area contributed by atoms with Gasteiger partial charge in [0.1, 0.15) is 0 Å². The van der Waals surface area contributed by atoms with E-state index in [1.165, 1.54) is 48.8 Å². The first-order valence-corrected chi connectivity index (χ1v) is 7.38. The lowest BCUT2D eigenvalue weighted by Gasteiger charge is -2.31. The second-order valence-electron chi connectivity index (χ2n) is 4.96. The van der Waals surface area contributed by atoms with E-state index < -0.39 is 0 Å². The van der Waals surface area contributed by atoms with Gasteiger partial charge in [-0.05, 0) is 58.8 Å². The molecule has 0 bridgehead atoms. The predicted octanol–water partition coefficient (Wildman–Crippen LogP) is 2.27. The summed E-state index contributed by atoms with van der Waals surface area (Å²) in [7, 11) is 2.04. The normalized spacial score (nSPS) is 18.7. The molecule has 0 radical (unpaired) electrons. The number of rotatable bonds is 5. The molecule has 96 valence electrons. The molecule has 2 heterocycles. The third kappa shape index (κ3) is 4.05. The highest BCUT2D eigenvalue weighted by Crippen LogP contribution is 2.22. The van der Waals surface area contributed by atoms with Crippen LogP contribution in [0.5, 0.6) is 0 Å². The Bertz CT molecular complexity index is 329. The monoisotopic (exact) mass is 253 g/mol. The summed E-state index contributed by atoms with van der Waals surface area (Å²) < 4.78 is 0. The van der Waals surface area contributed by atoms with Crippen molar-refractivity contribution in [2.45, 2.75) is 32.7 Å². The van der Waals surface area contributed by atoms with Crippen LogP contribution >= 0.6 is 11.3 Å². The zero-order valence-corrected chi connectivity index (χ0v) is 11.7. The van der Waals surface area contributed by atoms with Crippen LogP contribution in [0.2, 0.25) is 0 Å². The number of likely N-dealkylation sites (tertiary alicyclic amines) is 1. The van der Waals surface area contributed by atoms with Crippen molar-refractivity contribution >= 4 is 11.3 Å². The molecule has 0 spiro atoms. The molecule has 17 heavy (non-hydrogen) atoms. The van der Waals surface area contributed by atoms with Crippen molar-refractivity contribution in [2.24, 2.45) is 5.92 Å². The summed E-state index contributed by atoms with van der Waals surface area (Å²) in [5, 5.41) is 4.43. The van der Waals surface area contributed by atoms with Gasteiger partial charge in [0.15, 0.2) is 0 Å². The molecule has 0 aromatic carbocycles. The maximum atomic E-state index is 4.32. The number of piperidine rings is 1. The van der Waals surface area contributed by atoms with E-state index in [2.05, 4.69) is 22.1 Å². The van der Waals surface area contributed by atoms with Crippen molar-refractivity contribution in [1.82, 2.24) is 15.2 Å². The smallest absolute Gasteiger partial charge is 0.0897 e. The van der Waals surface area contributed by atoms with Crippen LogP contribution in [-0.4, -0.2) is 36.6 Å². The quantitative estimate of drug-likeness (QED) is 0.872. The summed E-state index contributed by atoms with van der Waals surface area (Å²) in [4.78, 5) is 8.31. The Morgan fingerprint density at radius 3 is 2.82 bits per heavy atom. The van der Waals surface area contributed by atoms with Gasteiger partial charge in [-0.15, -0.1) is 11.3 Å². The number of nitrogens with one attached hydrogen (secondary N) is 1. The molecule has 0 aliphatic carbocycles. The number of nitrogens with zero attached hydrogens (tertiary/aromatic N) is 2. The first-order chi connectivity index (χ1) is 8.28. The van der Waals surface area contributed by atoms with Crippen LogP contribution in [0.4, 0.5) is 0 Å². The zero-order chi connectivity index (χ0) is 12.1. The molecular weight excluding hydrogens is 230 g/mol. The van der Waals surface area contributed by atoms with E-state index in [1.54, 1.807) is 0 Å². The zero-order valence-electron chi connectivity index (χ0n) is 10.9. The Morgan fingerprint density at radius 2 is 2.24 bits per heavy atom. The molecular formula is C13H23N3S. The lowest BCUT2D eigenvalue weighted by molar-refractivity contribution is 0.173. The highest BCUT2D eigenvalue weighted by Gasteiger charge is 2.19. The second kappa shape index (κ2) is 6.47. The van der Waals surface area contributed by atoms with E-state index in [0.29, 0.717) is 0 Å². The predicted molar refractivity (Wildman–Crippen MR) is 73.4 cm³/mol. The fourth-order valence-electron chi connectivity index (χ4n) is 2.48. The van der Waals surface area contributed by atoms with Gasteiger partial charge < -0.3 is 5.32 Å². The van der Waals surface area contributed by atoms with Gasteiger partial charge in [-0.1, -0.05) is 0 Å². The lowest BCUT2D eigenvalue weighted by atomic mass is 9.93. The summed E-state index contributed by atoms with van der Waals surface area (Å²) in [6.07, 6.45) is 6.09. The van der Waals surface area contributed by atoms with Crippen LogP contribution in [0.3, 0.4) is 0 Å². The topological polar surface area (TPSA) is 28.2 Å². The molecule has 0 unspecified atom stereocenters. The van der Waals surface area contributed by atoms with Crippen LogP contribution in [0.1, 0.15) is 29.1 Å². The maximum absolute atomic E-state index is 4.32. The molecule has 1 saturated heterocycles. The molecule has 0 saturated carbocycles. The van der Waals surface area contributed by atoms with Crippen LogP contribution in [0, 0.1) is 12.8 Å². The molecule has 1 aliphatic rings. The molecule has 4 heteroatoms. The molecule has 1 aliphatic heterocycles. The number of aromatic nitrogens is 1. The number of thiazole rings is 1. The summed E-state index contributed by atoms with van der Waals surface area (Å²) >= 11 is 1.83. The van der Waals surface area contributed by atoms with Gasteiger partial charge in [0.2, 0.25) is 0 Å². The number of hydrogen-bond donors (Lipinski definition) is 1. The van der Waals surface area contributed by atoms with Crippen molar-refractivity contribution in [3.8, 4) is 0 Å². The van der Waals surface area contributed by atoms with Gasteiger partial charge in [0.25, 0.3) is 0 Å². The SMILES string of the molecule is CNCCC1CCN(Cc2cnc(C)s2)CC1. The highest BCUT2D eigenvalue weighted by atomic mass is 32.1. The Hall–Kier alpha value is -0.450. The van der Waals surface area contributed by atoms with E-state index in [1.807, 2.05) is 24.6 Å². The molecule has 0 atom stereocenters. The molecule has 1 aromatic rings. The van der Waals surface area contributed by atoms with Crippen molar-refractivity contribution < 1.29 is 0 Å². The van der Waals surface area contributed by atoms with E-state index in [-0.39, 0.29) is 0 Å². The fraction of sp³-hybridized carbons (Fsp3) is 0.769. The standard InChI is InChI=1S/C13H23N3S/c1-11-15-9-13(17-11)10-16-7-4-12(5-8-16)3-6-14-2/h9,12,14H,3-8,10H2,1-2H3. The summed E-state index contributed by atoms with van der Waals surface area (Å²) in [6.45, 7) is 6.86. The third-order valence-corrected chi connectivity index (χ3v) is 4.46. The Kier molecular flexibility index (Phi) is 4.95. The molecule has 0 amide bonds. The van der Waals surface area contributed by atoms with Gasteiger partial charge in [-0.2, -0.15) is 0 Å². The van der Waals surface area contributed by atoms with E-state index in [4.69, 9.17) is 0 Å². The molecule has 1 fully saturated rings. The van der Waals surface area contributed by atoms with Gasteiger partial charge >= 0.3 is 0 Å². The summed E-state index contributed by atoms with van der Waals surface area (Å²) in [5.41, 5.74) is 0. The molecule has 1 aromatic heterocycles. The molecule has 2 rings (SSSR count). The van der Waals surface area contributed by atoms with E-state index >= 15 is 0 Å². The van der Waals surface area contributed by atoms with Crippen LogP contribution in [0.15, 0.2) is 6.20 Å². The first kappa shape index (κ1) is 13.0. The summed E-state index contributed by atoms with van der Waals surface area (Å²) in [6, 6.07) is 0. The highest BCUT2D eigenvalue weighted by molar-refractivity contribution is 7.11. The van der Waals surface area contributed by atoms with Crippen LogP contribution in [0.25, 0.3) is 0 Å². The summed E-state index contributed by atoms with van der Waals surface area (Å²) in [5.74, 6) is 0.932. The van der Waals surface area contributed by atoms with Gasteiger partial charge in [0, 0.05) is 17.6 Å². The van der Waals surface area contributed by atoms with Gasteiger partial charge in [-0.3, -0.25) is 4.90 Å². The minimum atomic E-state index is 0.932. The van der Waals surface area contributed by atoms with Gasteiger partial charge in [0.05, 0.1) is 5.01 Å². The number of aryl methyl sites for hydroxylation is 1. The Morgan fingerprint density at radius 1 is 1.47 bits per heavy atom. The van der Waals surface area contributed by atoms with E-state index in [9.17, 15) is 0 Å². The third-order valence-electron chi connectivity index (χ3n) is 3.56. The Labute approximate surface area is 108 Å². The van der Waals surface area contributed by atoms with Crippen LogP contribution in [-0.2, 0) is 6.54 Å². The maximum Gasteiger partial charge on any atom is 0.0897 e. The van der Waals surface area contributed by atoms with Crippen molar-refractivity contribution in [3.05, 3.63) is 16.1 Å². The van der Waals surface area contributed by atoms with Gasteiger partial charge in [-0.25, -0.2) is 4.98 Å². The van der Waals surface area contributed by atoms with E-state index in [0.717, 1.165) is 12.5 Å². The minimum Gasteiger partial charge on any atom is -0.320 e. The first-order valence-electron chi connectivity index (χ1n) is 6.56. The van der Waals surface area contributed by atoms with Crippen molar-refractivity contribution in [1.29, 1.82) is 0 Å². The second-order valence-corrected chi connectivity index (χ2v) is 6.28. The average Bonchev–Trinajstić information content (AvgIpc) is 2.74.